The van der Waals surface area contributed by atoms with Gasteiger partial charge in [-0.3, -0.25) is 9.52 Å². The van der Waals surface area contributed by atoms with E-state index in [4.69, 9.17) is 4.74 Å². The first-order valence-electron chi connectivity index (χ1n) is 9.49. The Balaban J connectivity index is 1.69. The summed E-state index contributed by atoms with van der Waals surface area (Å²) in [5.41, 5.74) is 2.13. The largest absolute Gasteiger partial charge is 0.481 e. The van der Waals surface area contributed by atoms with Crippen molar-refractivity contribution in [2.24, 2.45) is 0 Å². The van der Waals surface area contributed by atoms with Crippen molar-refractivity contribution in [3.05, 3.63) is 72.1 Å². The number of nitrogens with zero attached hydrogens (tertiary/aromatic N) is 2. The molecule has 1 amide bonds. The van der Waals surface area contributed by atoms with Crippen LogP contribution in [0.4, 0.5) is 11.5 Å². The topological polar surface area (TPSA) is 110 Å². The van der Waals surface area contributed by atoms with E-state index in [9.17, 15) is 13.2 Å². The van der Waals surface area contributed by atoms with Gasteiger partial charge in [-0.1, -0.05) is 32.9 Å². The Morgan fingerprint density at radius 3 is 2.19 bits per heavy atom. The van der Waals surface area contributed by atoms with E-state index in [1.54, 1.807) is 12.1 Å². The second kappa shape index (κ2) is 8.73. The molecule has 162 valence electrons. The molecular formula is C22H24N4O4S. The number of hydrogen-bond donors (Lipinski definition) is 2. The molecule has 1 aromatic heterocycles. The summed E-state index contributed by atoms with van der Waals surface area (Å²) < 4.78 is 32.5. The van der Waals surface area contributed by atoms with Crippen LogP contribution in [0.15, 0.2) is 65.8 Å². The monoisotopic (exact) mass is 440 g/mol. The molecule has 0 aliphatic carbocycles. The number of methoxy groups -OCH3 is 1. The van der Waals surface area contributed by atoms with Crippen molar-refractivity contribution in [3.63, 3.8) is 0 Å². The number of aromatic nitrogens is 2. The SMILES string of the molecule is COc1cc(NS(=O)(=O)c2ccc(NC(=O)c3ccc(C(C)(C)C)cc3)cc2)ncn1. The van der Waals surface area contributed by atoms with Gasteiger partial charge in [-0.2, -0.15) is 0 Å². The summed E-state index contributed by atoms with van der Waals surface area (Å²) in [6, 6.07) is 14.6. The molecule has 8 nitrogen and oxygen atoms in total. The maximum absolute atomic E-state index is 12.6. The van der Waals surface area contributed by atoms with E-state index in [2.05, 4.69) is 40.8 Å². The van der Waals surface area contributed by atoms with Crippen molar-refractivity contribution in [1.82, 2.24) is 9.97 Å². The zero-order chi connectivity index (χ0) is 22.6. The molecule has 0 aliphatic heterocycles. The average molecular weight is 441 g/mol. The van der Waals surface area contributed by atoms with E-state index < -0.39 is 10.0 Å². The number of anilines is 2. The van der Waals surface area contributed by atoms with E-state index in [0.717, 1.165) is 5.56 Å². The van der Waals surface area contributed by atoms with Crippen LogP contribution in [0.25, 0.3) is 0 Å². The molecule has 0 saturated heterocycles. The summed E-state index contributed by atoms with van der Waals surface area (Å²) in [5, 5.41) is 2.77. The van der Waals surface area contributed by atoms with Gasteiger partial charge in [0.1, 0.15) is 12.1 Å². The van der Waals surface area contributed by atoms with Gasteiger partial charge in [0.15, 0.2) is 0 Å². The van der Waals surface area contributed by atoms with Crippen molar-refractivity contribution in [1.29, 1.82) is 0 Å². The second-order valence-electron chi connectivity index (χ2n) is 7.86. The highest BCUT2D eigenvalue weighted by atomic mass is 32.2. The fourth-order valence-electron chi connectivity index (χ4n) is 2.75. The Morgan fingerprint density at radius 2 is 1.61 bits per heavy atom. The number of nitrogens with one attached hydrogen (secondary N) is 2. The van der Waals surface area contributed by atoms with Crippen LogP contribution in [0, 0.1) is 0 Å². The smallest absolute Gasteiger partial charge is 0.263 e. The third-order valence-corrected chi connectivity index (χ3v) is 5.90. The normalized spacial score (nSPS) is 11.6. The number of carbonyl (C=O) groups excluding carboxylic acids is 1. The molecule has 0 aliphatic rings. The summed E-state index contributed by atoms with van der Waals surface area (Å²) >= 11 is 0. The molecule has 0 radical (unpaired) electrons. The van der Waals surface area contributed by atoms with Crippen molar-refractivity contribution in [2.75, 3.05) is 17.1 Å². The van der Waals surface area contributed by atoms with E-state index in [1.165, 1.54) is 43.8 Å². The van der Waals surface area contributed by atoms with Gasteiger partial charge >= 0.3 is 0 Å². The molecular weight excluding hydrogens is 416 g/mol. The molecule has 2 N–H and O–H groups in total. The predicted molar refractivity (Wildman–Crippen MR) is 119 cm³/mol. The average Bonchev–Trinajstić information content (AvgIpc) is 2.73. The van der Waals surface area contributed by atoms with Gasteiger partial charge in [-0.05, 0) is 47.4 Å². The van der Waals surface area contributed by atoms with Gasteiger partial charge in [0, 0.05) is 17.3 Å². The quantitative estimate of drug-likeness (QED) is 0.603. The zero-order valence-corrected chi connectivity index (χ0v) is 18.5. The summed E-state index contributed by atoms with van der Waals surface area (Å²) in [4.78, 5) is 20.2. The highest BCUT2D eigenvalue weighted by Gasteiger charge is 2.17. The number of carbonyl (C=O) groups is 1. The number of benzene rings is 2. The van der Waals surface area contributed by atoms with Crippen LogP contribution in [0.3, 0.4) is 0 Å². The maximum Gasteiger partial charge on any atom is 0.263 e. The Labute approximate surface area is 181 Å². The molecule has 3 rings (SSSR count). The lowest BCUT2D eigenvalue weighted by Gasteiger charge is -2.19. The lowest BCUT2D eigenvalue weighted by Crippen LogP contribution is -2.15. The minimum absolute atomic E-state index is 0.00127. The fourth-order valence-corrected chi connectivity index (χ4v) is 3.74. The number of amides is 1. The highest BCUT2D eigenvalue weighted by Crippen LogP contribution is 2.23. The van der Waals surface area contributed by atoms with Crippen LogP contribution in [0.1, 0.15) is 36.7 Å². The summed E-state index contributed by atoms with van der Waals surface area (Å²) in [5.74, 6) is 0.0477. The van der Waals surface area contributed by atoms with E-state index in [1.807, 2.05) is 12.1 Å². The van der Waals surface area contributed by atoms with E-state index >= 15 is 0 Å². The van der Waals surface area contributed by atoms with Gasteiger partial charge in [0.2, 0.25) is 5.88 Å². The van der Waals surface area contributed by atoms with Crippen molar-refractivity contribution >= 4 is 27.4 Å². The van der Waals surface area contributed by atoms with Gasteiger partial charge in [-0.25, -0.2) is 18.4 Å². The van der Waals surface area contributed by atoms with E-state index in [0.29, 0.717) is 11.3 Å². The second-order valence-corrected chi connectivity index (χ2v) is 9.54. The molecule has 3 aromatic rings. The summed E-state index contributed by atoms with van der Waals surface area (Å²) in [6.07, 6.45) is 1.20. The highest BCUT2D eigenvalue weighted by molar-refractivity contribution is 7.92. The minimum atomic E-state index is -3.86. The Bertz CT molecular complexity index is 1170. The summed E-state index contributed by atoms with van der Waals surface area (Å²) in [6.45, 7) is 6.31. The molecule has 0 saturated carbocycles. The van der Waals surface area contributed by atoms with Crippen LogP contribution >= 0.6 is 0 Å². The van der Waals surface area contributed by atoms with Gasteiger partial charge in [0.25, 0.3) is 15.9 Å². The first kappa shape index (κ1) is 22.2. The lowest BCUT2D eigenvalue weighted by atomic mass is 9.87. The van der Waals surface area contributed by atoms with Crippen LogP contribution in [0.2, 0.25) is 0 Å². The molecule has 0 atom stereocenters. The third-order valence-electron chi connectivity index (χ3n) is 4.53. The molecule has 0 unspecified atom stereocenters. The standard InChI is InChI=1S/C22H24N4O4S/c1-22(2,3)16-7-5-15(6-8-16)21(27)25-17-9-11-18(12-10-17)31(28,29)26-19-13-20(30-4)24-14-23-19/h5-14H,1-4H3,(H,25,27)(H,23,24,26). The lowest BCUT2D eigenvalue weighted by molar-refractivity contribution is 0.102. The third kappa shape index (κ3) is 5.58. The molecule has 2 aromatic carbocycles. The number of hydrogen-bond acceptors (Lipinski definition) is 6. The fraction of sp³-hybridized carbons (Fsp3) is 0.227. The molecule has 1 heterocycles. The number of ether oxygens (including phenoxy) is 1. The van der Waals surface area contributed by atoms with Crippen molar-refractivity contribution < 1.29 is 17.9 Å². The maximum atomic E-state index is 12.6. The van der Waals surface area contributed by atoms with Crippen LogP contribution in [0.5, 0.6) is 5.88 Å². The molecule has 0 spiro atoms. The molecule has 0 fully saturated rings. The van der Waals surface area contributed by atoms with E-state index in [-0.39, 0.29) is 27.9 Å². The Kier molecular flexibility index (Phi) is 6.26. The van der Waals surface area contributed by atoms with Crippen LogP contribution in [-0.2, 0) is 15.4 Å². The van der Waals surface area contributed by atoms with Crippen molar-refractivity contribution in [3.8, 4) is 5.88 Å². The first-order chi connectivity index (χ1) is 14.6. The van der Waals surface area contributed by atoms with Gasteiger partial charge < -0.3 is 10.1 Å². The van der Waals surface area contributed by atoms with Gasteiger partial charge in [0.05, 0.1) is 12.0 Å². The molecule has 9 heteroatoms. The van der Waals surface area contributed by atoms with Crippen LogP contribution < -0.4 is 14.8 Å². The first-order valence-corrected chi connectivity index (χ1v) is 11.0. The molecule has 31 heavy (non-hydrogen) atoms. The molecule has 0 bridgehead atoms. The number of rotatable bonds is 6. The van der Waals surface area contributed by atoms with Crippen molar-refractivity contribution in [2.45, 2.75) is 31.1 Å². The Hall–Kier alpha value is -3.46. The van der Waals surface area contributed by atoms with Crippen LogP contribution in [-0.4, -0.2) is 31.4 Å². The zero-order valence-electron chi connectivity index (χ0n) is 17.7. The predicted octanol–water partition coefficient (Wildman–Crippen LogP) is 3.84. The van der Waals surface area contributed by atoms with Gasteiger partial charge in [-0.15, -0.1) is 0 Å². The minimum Gasteiger partial charge on any atom is -0.481 e. The Morgan fingerprint density at radius 1 is 0.968 bits per heavy atom. The summed E-state index contributed by atoms with van der Waals surface area (Å²) in [7, 11) is -2.44. The number of sulfonamides is 1.